The maximum atomic E-state index is 11.1. The summed E-state index contributed by atoms with van der Waals surface area (Å²) in [4.78, 5) is 0. The van der Waals surface area contributed by atoms with Crippen LogP contribution in [0.4, 0.5) is 0 Å². The fourth-order valence-corrected chi connectivity index (χ4v) is 3.26. The SMILES string of the molecule is Cc1cccc2c1OCCCC2NCCCS(C)(=O)=O. The summed E-state index contributed by atoms with van der Waals surface area (Å²) in [5, 5.41) is 3.47. The van der Waals surface area contributed by atoms with Crippen LogP contribution < -0.4 is 10.1 Å². The quantitative estimate of drug-likeness (QED) is 0.847. The molecule has 2 rings (SSSR count). The van der Waals surface area contributed by atoms with E-state index in [9.17, 15) is 8.42 Å². The number of hydrogen-bond donors (Lipinski definition) is 1. The molecular formula is C15H23NO3S. The van der Waals surface area contributed by atoms with Crippen molar-refractivity contribution in [1.29, 1.82) is 0 Å². The fourth-order valence-electron chi connectivity index (χ4n) is 2.59. The average Bonchev–Trinajstić information content (AvgIpc) is 2.57. The summed E-state index contributed by atoms with van der Waals surface area (Å²) >= 11 is 0. The number of hydrogen-bond acceptors (Lipinski definition) is 4. The van der Waals surface area contributed by atoms with E-state index in [4.69, 9.17) is 4.74 Å². The van der Waals surface area contributed by atoms with Gasteiger partial charge in [0.25, 0.3) is 0 Å². The predicted molar refractivity (Wildman–Crippen MR) is 81.0 cm³/mol. The second-order valence-corrected chi connectivity index (χ2v) is 7.73. The van der Waals surface area contributed by atoms with Gasteiger partial charge < -0.3 is 10.1 Å². The summed E-state index contributed by atoms with van der Waals surface area (Å²) in [5.41, 5.74) is 2.36. The summed E-state index contributed by atoms with van der Waals surface area (Å²) in [6.45, 7) is 3.52. The van der Waals surface area contributed by atoms with Crippen LogP contribution in [0.5, 0.6) is 5.75 Å². The van der Waals surface area contributed by atoms with Crippen LogP contribution in [-0.2, 0) is 9.84 Å². The van der Waals surface area contributed by atoms with Gasteiger partial charge in [-0.3, -0.25) is 0 Å². The molecule has 0 radical (unpaired) electrons. The van der Waals surface area contributed by atoms with Crippen molar-refractivity contribution in [3.8, 4) is 5.75 Å². The van der Waals surface area contributed by atoms with Crippen LogP contribution in [0.15, 0.2) is 18.2 Å². The van der Waals surface area contributed by atoms with Gasteiger partial charge >= 0.3 is 0 Å². The lowest BCUT2D eigenvalue weighted by Gasteiger charge is -2.19. The van der Waals surface area contributed by atoms with Crippen molar-refractivity contribution >= 4 is 9.84 Å². The Bertz CT molecular complexity index is 554. The number of sulfone groups is 1. The molecule has 5 heteroatoms. The third-order valence-electron chi connectivity index (χ3n) is 3.58. The Kier molecular flexibility index (Phi) is 5.05. The number of aryl methyl sites for hydroxylation is 1. The first-order valence-corrected chi connectivity index (χ1v) is 9.17. The van der Waals surface area contributed by atoms with Crippen molar-refractivity contribution in [3.63, 3.8) is 0 Å². The molecule has 0 fully saturated rings. The number of fused-ring (bicyclic) bond motifs is 1. The molecule has 1 aliphatic heterocycles. The third-order valence-corrected chi connectivity index (χ3v) is 4.61. The summed E-state index contributed by atoms with van der Waals surface area (Å²) < 4.78 is 28.1. The van der Waals surface area contributed by atoms with E-state index in [1.54, 1.807) is 0 Å². The van der Waals surface area contributed by atoms with Gasteiger partial charge in [0.05, 0.1) is 12.4 Å². The van der Waals surface area contributed by atoms with Gasteiger partial charge in [-0.25, -0.2) is 8.42 Å². The highest BCUT2D eigenvalue weighted by molar-refractivity contribution is 7.90. The summed E-state index contributed by atoms with van der Waals surface area (Å²) in [6.07, 6.45) is 3.97. The molecule has 1 heterocycles. The Morgan fingerprint density at radius 2 is 2.20 bits per heavy atom. The minimum absolute atomic E-state index is 0.240. The lowest BCUT2D eigenvalue weighted by Crippen LogP contribution is -2.24. The lowest BCUT2D eigenvalue weighted by atomic mass is 10.00. The van der Waals surface area contributed by atoms with E-state index >= 15 is 0 Å². The van der Waals surface area contributed by atoms with E-state index in [1.165, 1.54) is 11.8 Å². The molecule has 0 saturated carbocycles. The van der Waals surface area contributed by atoms with Gasteiger partial charge in [0.15, 0.2) is 0 Å². The Morgan fingerprint density at radius 3 is 2.95 bits per heavy atom. The van der Waals surface area contributed by atoms with Crippen molar-refractivity contribution in [2.45, 2.75) is 32.2 Å². The Hall–Kier alpha value is -1.07. The maximum Gasteiger partial charge on any atom is 0.147 e. The van der Waals surface area contributed by atoms with Crippen LogP contribution in [0.3, 0.4) is 0 Å². The molecule has 1 aliphatic rings. The molecule has 1 atom stereocenters. The van der Waals surface area contributed by atoms with Crippen LogP contribution in [-0.4, -0.2) is 33.6 Å². The van der Waals surface area contributed by atoms with Gasteiger partial charge in [0.1, 0.15) is 15.6 Å². The first kappa shape index (κ1) is 15.3. The van der Waals surface area contributed by atoms with Gasteiger partial charge in [0, 0.05) is 17.9 Å². The molecule has 0 saturated heterocycles. The summed E-state index contributed by atoms with van der Waals surface area (Å²) in [7, 11) is -2.87. The molecule has 0 aromatic heterocycles. The first-order chi connectivity index (χ1) is 9.47. The van der Waals surface area contributed by atoms with Crippen LogP contribution in [0.2, 0.25) is 0 Å². The van der Waals surface area contributed by atoms with Gasteiger partial charge in [-0.2, -0.15) is 0 Å². The normalized spacial score (nSPS) is 19.0. The second kappa shape index (κ2) is 6.59. The van der Waals surface area contributed by atoms with Crippen molar-refractivity contribution < 1.29 is 13.2 Å². The molecule has 112 valence electrons. The monoisotopic (exact) mass is 297 g/mol. The van der Waals surface area contributed by atoms with Crippen LogP contribution in [0.25, 0.3) is 0 Å². The highest BCUT2D eigenvalue weighted by Gasteiger charge is 2.20. The predicted octanol–water partition coefficient (Wildman–Crippen LogP) is 2.23. The number of para-hydroxylation sites is 1. The zero-order valence-corrected chi connectivity index (χ0v) is 13.0. The van der Waals surface area contributed by atoms with Crippen LogP contribution in [0, 0.1) is 6.92 Å². The van der Waals surface area contributed by atoms with E-state index in [-0.39, 0.29) is 11.8 Å². The van der Waals surface area contributed by atoms with E-state index in [0.29, 0.717) is 13.0 Å². The number of benzene rings is 1. The fraction of sp³-hybridized carbons (Fsp3) is 0.600. The third kappa shape index (κ3) is 4.21. The van der Waals surface area contributed by atoms with E-state index in [1.807, 2.05) is 6.07 Å². The molecule has 0 bridgehead atoms. The summed E-state index contributed by atoms with van der Waals surface area (Å²) in [5.74, 6) is 1.23. The molecule has 0 spiro atoms. The molecule has 4 nitrogen and oxygen atoms in total. The Balaban J connectivity index is 2.00. The molecule has 0 aliphatic carbocycles. The molecule has 1 unspecified atom stereocenters. The number of nitrogens with one attached hydrogen (secondary N) is 1. The highest BCUT2D eigenvalue weighted by Crippen LogP contribution is 2.33. The summed E-state index contributed by atoms with van der Waals surface area (Å²) in [6, 6.07) is 6.47. The molecule has 0 amide bonds. The minimum Gasteiger partial charge on any atom is -0.493 e. The van der Waals surface area contributed by atoms with E-state index in [0.717, 1.165) is 30.8 Å². The zero-order valence-electron chi connectivity index (χ0n) is 12.2. The van der Waals surface area contributed by atoms with Crippen molar-refractivity contribution in [2.75, 3.05) is 25.2 Å². The molecular weight excluding hydrogens is 274 g/mol. The Labute approximate surface area is 121 Å². The van der Waals surface area contributed by atoms with Crippen molar-refractivity contribution in [1.82, 2.24) is 5.32 Å². The average molecular weight is 297 g/mol. The standard InChI is InChI=1S/C15H23NO3S/c1-12-6-3-7-13-14(8-4-10-19-15(12)13)16-9-5-11-20(2,17)18/h3,6-7,14,16H,4-5,8-11H2,1-2H3. The topological polar surface area (TPSA) is 55.4 Å². The van der Waals surface area contributed by atoms with Gasteiger partial charge in [-0.1, -0.05) is 18.2 Å². The van der Waals surface area contributed by atoms with Gasteiger partial charge in [-0.15, -0.1) is 0 Å². The molecule has 1 aromatic rings. The largest absolute Gasteiger partial charge is 0.493 e. The van der Waals surface area contributed by atoms with E-state index < -0.39 is 9.84 Å². The zero-order chi connectivity index (χ0) is 14.6. The minimum atomic E-state index is -2.87. The lowest BCUT2D eigenvalue weighted by molar-refractivity contribution is 0.313. The molecule has 20 heavy (non-hydrogen) atoms. The molecule has 1 aromatic carbocycles. The highest BCUT2D eigenvalue weighted by atomic mass is 32.2. The maximum absolute atomic E-state index is 11.1. The van der Waals surface area contributed by atoms with Gasteiger partial charge in [-0.05, 0) is 38.3 Å². The van der Waals surface area contributed by atoms with E-state index in [2.05, 4.69) is 24.4 Å². The van der Waals surface area contributed by atoms with Crippen LogP contribution >= 0.6 is 0 Å². The smallest absolute Gasteiger partial charge is 0.147 e. The number of ether oxygens (including phenoxy) is 1. The van der Waals surface area contributed by atoms with Gasteiger partial charge in [0.2, 0.25) is 0 Å². The van der Waals surface area contributed by atoms with Crippen LogP contribution in [0.1, 0.15) is 36.4 Å². The first-order valence-electron chi connectivity index (χ1n) is 7.11. The van der Waals surface area contributed by atoms with Crippen molar-refractivity contribution in [3.05, 3.63) is 29.3 Å². The number of rotatable bonds is 5. The Morgan fingerprint density at radius 1 is 1.40 bits per heavy atom. The van der Waals surface area contributed by atoms with Crippen molar-refractivity contribution in [2.24, 2.45) is 0 Å². The molecule has 1 N–H and O–H groups in total. The second-order valence-electron chi connectivity index (χ2n) is 5.47.